The third kappa shape index (κ3) is 4.79. The molecule has 0 saturated heterocycles. The summed E-state index contributed by atoms with van der Waals surface area (Å²) in [7, 11) is 5.04. The monoisotopic (exact) mass is 421 g/mol. The van der Waals surface area contributed by atoms with Crippen molar-refractivity contribution in [1.82, 2.24) is 5.32 Å². The molecule has 2 aromatic carbocycles. The van der Waals surface area contributed by atoms with Gasteiger partial charge in [-0.2, -0.15) is 0 Å². The van der Waals surface area contributed by atoms with E-state index in [9.17, 15) is 14.1 Å². The van der Waals surface area contributed by atoms with E-state index in [1.54, 1.807) is 0 Å². The van der Waals surface area contributed by atoms with Crippen molar-refractivity contribution < 1.29 is 23.6 Å². The highest BCUT2D eigenvalue weighted by atomic mass is 35.7. The molecule has 0 aliphatic heterocycles. The predicted octanol–water partition coefficient (Wildman–Crippen LogP) is 3.36. The van der Waals surface area contributed by atoms with Gasteiger partial charge < -0.3 is 19.3 Å². The third-order valence-electron chi connectivity index (χ3n) is 4.64. The van der Waals surface area contributed by atoms with E-state index in [0.29, 0.717) is 0 Å². The minimum Gasteiger partial charge on any atom is -0.599 e. The topological polar surface area (TPSA) is 87.7 Å². The average molecular weight is 422 g/mol. The van der Waals surface area contributed by atoms with Gasteiger partial charge in [-0.1, -0.05) is 48.5 Å². The summed E-state index contributed by atoms with van der Waals surface area (Å²) in [5, 5.41) is 2.55. The Balaban J connectivity index is 1.66. The van der Waals surface area contributed by atoms with Crippen molar-refractivity contribution in [3.8, 4) is 11.1 Å². The van der Waals surface area contributed by atoms with Crippen LogP contribution in [0.3, 0.4) is 0 Å². The summed E-state index contributed by atoms with van der Waals surface area (Å²) in [6, 6.07) is 15.3. The second-order valence-corrected chi connectivity index (χ2v) is 8.35. The molecule has 0 radical (unpaired) electrons. The number of hydrogen-bond donors (Lipinski definition) is 1. The number of methoxy groups -OCH3 is 1. The molecule has 2 aromatic rings. The molecule has 148 valence electrons. The van der Waals surface area contributed by atoms with Gasteiger partial charge in [-0.25, -0.2) is 4.79 Å². The van der Waals surface area contributed by atoms with E-state index in [-0.39, 0.29) is 24.7 Å². The van der Waals surface area contributed by atoms with Gasteiger partial charge in [-0.3, -0.25) is 4.79 Å². The number of carbonyl (C=O) groups excluding carboxylic acids is 2. The highest BCUT2D eigenvalue weighted by Crippen LogP contribution is 2.44. The Morgan fingerprint density at radius 2 is 1.71 bits per heavy atom. The lowest BCUT2D eigenvalue weighted by Crippen LogP contribution is -2.41. The van der Waals surface area contributed by atoms with Crippen LogP contribution in [0.25, 0.3) is 11.1 Å². The number of amides is 1. The Kier molecular flexibility index (Phi) is 6.83. The highest BCUT2D eigenvalue weighted by molar-refractivity contribution is 8.13. The first-order chi connectivity index (χ1) is 13.5. The minimum absolute atomic E-state index is 0.0700. The Morgan fingerprint density at radius 1 is 1.14 bits per heavy atom. The van der Waals surface area contributed by atoms with Gasteiger partial charge in [0.25, 0.3) is 0 Å². The molecule has 0 fully saturated rings. The zero-order valence-corrected chi connectivity index (χ0v) is 16.8. The second kappa shape index (κ2) is 9.32. The quantitative estimate of drug-likeness (QED) is 0.547. The van der Waals surface area contributed by atoms with Gasteiger partial charge >= 0.3 is 12.1 Å². The lowest BCUT2D eigenvalue weighted by atomic mass is 9.98. The van der Waals surface area contributed by atoms with Gasteiger partial charge in [0.2, 0.25) is 0 Å². The molecule has 0 saturated carbocycles. The molecule has 6 nitrogen and oxygen atoms in total. The first-order valence-corrected chi connectivity index (χ1v) is 10.9. The van der Waals surface area contributed by atoms with Crippen LogP contribution in [-0.4, -0.2) is 42.1 Å². The number of ether oxygens (including phenoxy) is 2. The van der Waals surface area contributed by atoms with E-state index < -0.39 is 28.5 Å². The number of hydrogen-bond acceptors (Lipinski definition) is 5. The van der Waals surface area contributed by atoms with Crippen LogP contribution < -0.4 is 5.32 Å². The van der Waals surface area contributed by atoms with Crippen molar-refractivity contribution in [2.75, 3.05) is 19.5 Å². The molecule has 0 bridgehead atoms. The smallest absolute Gasteiger partial charge is 0.407 e. The van der Waals surface area contributed by atoms with E-state index in [2.05, 4.69) is 22.2 Å². The van der Waals surface area contributed by atoms with Gasteiger partial charge in [-0.15, -0.1) is 0 Å². The maximum atomic E-state index is 12.3. The fourth-order valence-electron chi connectivity index (χ4n) is 3.40. The van der Waals surface area contributed by atoms with Crippen molar-refractivity contribution in [2.45, 2.75) is 18.4 Å². The van der Waals surface area contributed by atoms with Gasteiger partial charge in [-0.05, 0) is 22.3 Å². The second-order valence-electron chi connectivity index (χ2n) is 6.40. The summed E-state index contributed by atoms with van der Waals surface area (Å²) >= 11 is 0. The van der Waals surface area contributed by atoms with Crippen molar-refractivity contribution >= 4 is 33.1 Å². The van der Waals surface area contributed by atoms with Crippen molar-refractivity contribution in [2.24, 2.45) is 0 Å². The summed E-state index contributed by atoms with van der Waals surface area (Å²) in [5.74, 6) is -0.689. The molecule has 0 spiro atoms. The molecule has 1 amide bonds. The highest BCUT2D eigenvalue weighted by Gasteiger charge is 2.30. The molecule has 0 aromatic heterocycles. The molecule has 0 heterocycles. The largest absolute Gasteiger partial charge is 0.599 e. The van der Waals surface area contributed by atoms with E-state index in [0.717, 1.165) is 22.3 Å². The van der Waals surface area contributed by atoms with Gasteiger partial charge in [0.05, 0.1) is 30.0 Å². The lowest BCUT2D eigenvalue weighted by molar-refractivity contribution is -0.141. The van der Waals surface area contributed by atoms with Crippen LogP contribution in [-0.2, 0) is 24.7 Å². The third-order valence-corrected chi connectivity index (χ3v) is 5.68. The van der Waals surface area contributed by atoms with Crippen molar-refractivity contribution in [1.29, 1.82) is 0 Å². The fraction of sp³-hybridized carbons (Fsp3) is 0.300. The SMILES string of the molecule is COC(=O)CC(C[S+]([O-])Cl)NC(=O)OCC1c2ccccc2-c2ccccc21. The predicted molar refractivity (Wildman–Crippen MR) is 107 cm³/mol. The summed E-state index contributed by atoms with van der Waals surface area (Å²) < 4.78 is 21.3. The number of nitrogens with one attached hydrogen (secondary N) is 1. The first kappa shape index (κ1) is 20.5. The number of esters is 1. The fourth-order valence-corrected chi connectivity index (χ4v) is 4.37. The minimum atomic E-state index is -1.70. The van der Waals surface area contributed by atoms with E-state index in [1.807, 2.05) is 36.4 Å². The van der Waals surface area contributed by atoms with Crippen LogP contribution in [0.1, 0.15) is 23.5 Å². The molecule has 28 heavy (non-hydrogen) atoms. The molecule has 8 heteroatoms. The maximum absolute atomic E-state index is 12.3. The number of benzene rings is 2. The number of alkyl carbamates (subject to hydrolysis) is 1. The Bertz CT molecular complexity index is 814. The van der Waals surface area contributed by atoms with Crippen LogP contribution in [0.4, 0.5) is 4.79 Å². The summed E-state index contributed by atoms with van der Waals surface area (Å²) in [6.07, 6.45) is -0.836. The number of fused-ring (bicyclic) bond motifs is 3. The van der Waals surface area contributed by atoms with Crippen LogP contribution >= 0.6 is 10.7 Å². The van der Waals surface area contributed by atoms with E-state index in [1.165, 1.54) is 7.11 Å². The van der Waals surface area contributed by atoms with Crippen LogP contribution in [0.2, 0.25) is 0 Å². The Labute approximate surface area is 170 Å². The zero-order chi connectivity index (χ0) is 20.1. The molecule has 1 N–H and O–H groups in total. The van der Waals surface area contributed by atoms with Crippen LogP contribution in [0.5, 0.6) is 0 Å². The number of carbonyl (C=O) groups is 2. The summed E-state index contributed by atoms with van der Waals surface area (Å²) in [5.41, 5.74) is 4.47. The number of halogens is 1. The van der Waals surface area contributed by atoms with Gasteiger partial charge in [0.1, 0.15) is 12.4 Å². The molecular formula is C20H20ClNO5S. The normalized spacial score (nSPS) is 14.5. The van der Waals surface area contributed by atoms with E-state index in [4.69, 9.17) is 15.4 Å². The standard InChI is InChI=1S/C20H20ClNO5S/c1-26-19(23)10-13(12-28(21)25)22-20(24)27-11-18-16-8-4-2-6-14(16)15-7-3-5-9-17(15)18/h2-9,13,18H,10-12H2,1H3,(H,22,24). The summed E-state index contributed by atoms with van der Waals surface area (Å²) in [6.45, 7) is 0.148. The molecule has 1 aliphatic carbocycles. The summed E-state index contributed by atoms with van der Waals surface area (Å²) in [4.78, 5) is 23.7. The van der Waals surface area contributed by atoms with E-state index >= 15 is 0 Å². The molecule has 3 rings (SSSR count). The molecular weight excluding hydrogens is 402 g/mol. The molecule has 1 aliphatic rings. The Hall–Kier alpha value is -2.22. The van der Waals surface area contributed by atoms with Crippen molar-refractivity contribution in [3.05, 3.63) is 59.7 Å². The van der Waals surface area contributed by atoms with Gasteiger partial charge in [0.15, 0.2) is 10.7 Å². The Morgan fingerprint density at radius 3 is 2.25 bits per heavy atom. The zero-order valence-electron chi connectivity index (χ0n) is 15.2. The average Bonchev–Trinajstić information content (AvgIpc) is 2.99. The van der Waals surface area contributed by atoms with Crippen LogP contribution in [0.15, 0.2) is 48.5 Å². The molecule has 2 unspecified atom stereocenters. The van der Waals surface area contributed by atoms with Crippen LogP contribution in [0, 0.1) is 0 Å². The van der Waals surface area contributed by atoms with Gasteiger partial charge in [0, 0.05) is 5.92 Å². The lowest BCUT2D eigenvalue weighted by Gasteiger charge is -2.18. The maximum Gasteiger partial charge on any atom is 0.407 e. The molecule has 2 atom stereocenters. The van der Waals surface area contributed by atoms with Crippen molar-refractivity contribution in [3.63, 3.8) is 0 Å². The number of rotatable bonds is 7. The first-order valence-electron chi connectivity index (χ1n) is 8.72.